The number of hydrogen-bond acceptors (Lipinski definition) is 3. The van der Waals surface area contributed by atoms with Gasteiger partial charge in [0.05, 0.1) is 12.7 Å². The van der Waals surface area contributed by atoms with Gasteiger partial charge < -0.3 is 14.8 Å². The molecule has 1 fully saturated rings. The molecule has 0 amide bonds. The van der Waals surface area contributed by atoms with E-state index in [9.17, 15) is 0 Å². The summed E-state index contributed by atoms with van der Waals surface area (Å²) < 4.78 is 11.1. The van der Waals surface area contributed by atoms with Crippen LogP contribution in [0.1, 0.15) is 90.4 Å². The molecule has 1 aliphatic rings. The van der Waals surface area contributed by atoms with Crippen molar-refractivity contribution in [2.24, 2.45) is 0 Å². The van der Waals surface area contributed by atoms with E-state index in [4.69, 9.17) is 9.47 Å². The molecule has 0 spiro atoms. The second-order valence-electron chi connectivity index (χ2n) is 7.63. The topological polar surface area (TPSA) is 30.5 Å². The summed E-state index contributed by atoms with van der Waals surface area (Å²) in [5.74, 6) is 0. The first kappa shape index (κ1) is 22.0. The summed E-state index contributed by atoms with van der Waals surface area (Å²) in [5, 5.41) is 3.68. The molecule has 0 aromatic carbocycles. The molecule has 4 heteroatoms. The van der Waals surface area contributed by atoms with Crippen molar-refractivity contribution in [2.75, 3.05) is 20.3 Å². The van der Waals surface area contributed by atoms with Gasteiger partial charge in [0.1, 0.15) is 7.85 Å². The second kappa shape index (κ2) is 15.2. The van der Waals surface area contributed by atoms with Crippen molar-refractivity contribution in [2.45, 2.75) is 109 Å². The lowest BCUT2D eigenvalue weighted by Crippen LogP contribution is -2.39. The number of nitrogens with one attached hydrogen (secondary N) is 1. The van der Waals surface area contributed by atoms with Gasteiger partial charge in [-0.05, 0) is 19.4 Å². The minimum Gasteiger partial charge on any atom is -0.382 e. The van der Waals surface area contributed by atoms with Gasteiger partial charge in [-0.2, -0.15) is 0 Å². The maximum atomic E-state index is 5.89. The summed E-state index contributed by atoms with van der Waals surface area (Å²) in [6.07, 6.45) is 18.3. The molecule has 1 rings (SSSR count). The molecule has 3 nitrogen and oxygen atoms in total. The average Bonchev–Trinajstić information content (AvgIpc) is 2.92. The molecule has 142 valence electrons. The Bertz CT molecular complexity index is 278. The van der Waals surface area contributed by atoms with Crippen LogP contribution in [-0.4, -0.2) is 46.3 Å². The normalized spacial score (nSPS) is 23.8. The van der Waals surface area contributed by atoms with Crippen molar-refractivity contribution in [1.82, 2.24) is 5.32 Å². The number of hydrogen-bond donors (Lipinski definition) is 1. The van der Waals surface area contributed by atoms with Gasteiger partial charge >= 0.3 is 0 Å². The van der Waals surface area contributed by atoms with E-state index in [0.717, 1.165) is 13.0 Å². The fourth-order valence-corrected chi connectivity index (χ4v) is 3.75. The standard InChI is InChI=1S/C20H42BNO2/c1-3-4-5-6-7-8-9-10-11-12-13-14-15-22-18-16-20(21)24-19(18)17-23-2/h18-20,22H,3-17,21H2,1-2H3/t18?,19-,20-/m1/s1. The molecule has 1 unspecified atom stereocenters. The van der Waals surface area contributed by atoms with Gasteiger partial charge in [-0.25, -0.2) is 0 Å². The largest absolute Gasteiger partial charge is 0.382 e. The summed E-state index contributed by atoms with van der Waals surface area (Å²) in [7, 11) is 3.92. The Morgan fingerprint density at radius 3 is 2.00 bits per heavy atom. The number of rotatable bonds is 16. The van der Waals surface area contributed by atoms with E-state index in [0.29, 0.717) is 18.7 Å². The predicted molar refractivity (Wildman–Crippen MR) is 107 cm³/mol. The van der Waals surface area contributed by atoms with Crippen molar-refractivity contribution in [3.05, 3.63) is 0 Å². The second-order valence-corrected chi connectivity index (χ2v) is 7.63. The highest BCUT2D eigenvalue weighted by Gasteiger charge is 2.31. The highest BCUT2D eigenvalue weighted by Crippen LogP contribution is 2.19. The Morgan fingerprint density at radius 1 is 0.917 bits per heavy atom. The fraction of sp³-hybridized carbons (Fsp3) is 1.00. The monoisotopic (exact) mass is 339 g/mol. The summed E-state index contributed by atoms with van der Waals surface area (Å²) in [4.78, 5) is 0. The van der Waals surface area contributed by atoms with Crippen LogP contribution in [0, 0.1) is 0 Å². The molecule has 1 N–H and O–H groups in total. The highest BCUT2D eigenvalue weighted by atomic mass is 16.5. The maximum absolute atomic E-state index is 5.89. The van der Waals surface area contributed by atoms with Gasteiger partial charge in [0, 0.05) is 19.2 Å². The van der Waals surface area contributed by atoms with Gasteiger partial charge in [0.25, 0.3) is 0 Å². The van der Waals surface area contributed by atoms with E-state index in [1.807, 2.05) is 0 Å². The molecule has 0 radical (unpaired) electrons. The van der Waals surface area contributed by atoms with Gasteiger partial charge in [0.2, 0.25) is 0 Å². The molecule has 0 bridgehead atoms. The third-order valence-corrected chi connectivity index (χ3v) is 5.21. The zero-order valence-electron chi connectivity index (χ0n) is 16.7. The van der Waals surface area contributed by atoms with Crippen molar-refractivity contribution in [1.29, 1.82) is 0 Å². The average molecular weight is 339 g/mol. The van der Waals surface area contributed by atoms with Gasteiger partial charge in [-0.15, -0.1) is 0 Å². The molecule has 0 aromatic rings. The van der Waals surface area contributed by atoms with Crippen LogP contribution in [0.2, 0.25) is 0 Å². The van der Waals surface area contributed by atoms with E-state index in [1.165, 1.54) is 77.0 Å². The maximum Gasteiger partial charge on any atom is 0.139 e. The Kier molecular flexibility index (Phi) is 13.9. The third-order valence-electron chi connectivity index (χ3n) is 5.21. The molecule has 1 saturated heterocycles. The lowest BCUT2D eigenvalue weighted by Gasteiger charge is -2.19. The van der Waals surface area contributed by atoms with Crippen LogP contribution in [0.25, 0.3) is 0 Å². The van der Waals surface area contributed by atoms with Crippen LogP contribution < -0.4 is 5.32 Å². The molecular formula is C20H42BNO2. The SMILES string of the molecule is B[C@H]1CC(NCCCCCCCCCCCCCC)[C@@H](COC)O1. The minimum atomic E-state index is 0.238. The van der Waals surface area contributed by atoms with Crippen molar-refractivity contribution < 1.29 is 9.47 Å². The van der Waals surface area contributed by atoms with E-state index < -0.39 is 0 Å². The lowest BCUT2D eigenvalue weighted by atomic mass is 9.95. The van der Waals surface area contributed by atoms with E-state index >= 15 is 0 Å². The zero-order valence-corrected chi connectivity index (χ0v) is 16.7. The van der Waals surface area contributed by atoms with E-state index in [1.54, 1.807) is 7.11 Å². The number of methoxy groups -OCH3 is 1. The Morgan fingerprint density at radius 2 is 1.46 bits per heavy atom. The van der Waals surface area contributed by atoms with Crippen LogP contribution in [0.3, 0.4) is 0 Å². The molecule has 1 heterocycles. The quantitative estimate of drug-likeness (QED) is 0.340. The molecular weight excluding hydrogens is 297 g/mol. The first-order chi connectivity index (χ1) is 11.8. The summed E-state index contributed by atoms with van der Waals surface area (Å²) >= 11 is 0. The minimum absolute atomic E-state index is 0.238. The Hall–Kier alpha value is -0.0551. The van der Waals surface area contributed by atoms with Gasteiger partial charge in [-0.1, -0.05) is 77.6 Å². The van der Waals surface area contributed by atoms with E-state index in [-0.39, 0.29) is 6.10 Å². The molecule has 0 aromatic heterocycles. The predicted octanol–water partition coefficient (Wildman–Crippen LogP) is 4.04. The van der Waals surface area contributed by atoms with Crippen molar-refractivity contribution in [3.8, 4) is 0 Å². The first-order valence-electron chi connectivity index (χ1n) is 10.7. The van der Waals surface area contributed by atoms with Gasteiger partial charge in [0.15, 0.2) is 0 Å². The summed E-state index contributed by atoms with van der Waals surface area (Å²) in [6, 6.07) is 0.845. The van der Waals surface area contributed by atoms with Crippen LogP contribution in [0.15, 0.2) is 0 Å². The molecule has 24 heavy (non-hydrogen) atoms. The molecule has 1 aliphatic heterocycles. The molecule has 0 aliphatic carbocycles. The number of unbranched alkanes of at least 4 members (excludes halogenated alkanes) is 11. The Balaban J connectivity index is 1.83. The van der Waals surface area contributed by atoms with Crippen LogP contribution in [0.5, 0.6) is 0 Å². The van der Waals surface area contributed by atoms with Crippen LogP contribution in [-0.2, 0) is 9.47 Å². The third kappa shape index (κ3) is 10.7. The smallest absolute Gasteiger partial charge is 0.139 e. The van der Waals surface area contributed by atoms with Crippen molar-refractivity contribution >= 4 is 7.85 Å². The molecule has 0 saturated carbocycles. The summed E-state index contributed by atoms with van der Waals surface area (Å²) in [6.45, 7) is 4.12. The lowest BCUT2D eigenvalue weighted by molar-refractivity contribution is 0.0161. The fourth-order valence-electron chi connectivity index (χ4n) is 3.75. The van der Waals surface area contributed by atoms with Gasteiger partial charge in [-0.3, -0.25) is 0 Å². The van der Waals surface area contributed by atoms with E-state index in [2.05, 4.69) is 20.1 Å². The summed E-state index contributed by atoms with van der Waals surface area (Å²) in [5.41, 5.74) is 0. The first-order valence-corrected chi connectivity index (χ1v) is 10.7. The highest BCUT2D eigenvalue weighted by molar-refractivity contribution is 6.11. The van der Waals surface area contributed by atoms with Crippen molar-refractivity contribution in [3.63, 3.8) is 0 Å². The molecule has 3 atom stereocenters. The van der Waals surface area contributed by atoms with Crippen LogP contribution >= 0.6 is 0 Å². The Labute approximate surface area is 152 Å². The number of ether oxygens (including phenoxy) is 2. The zero-order chi connectivity index (χ0) is 17.5. The van der Waals surface area contributed by atoms with Crippen LogP contribution in [0.4, 0.5) is 0 Å².